The third-order valence-corrected chi connectivity index (χ3v) is 4.01. The SMILES string of the molecule is CCOC(=O)C(NC(=O)c1cccc(-n2cccc2)c1)c1cccc(O)c1. The lowest BCUT2D eigenvalue weighted by Crippen LogP contribution is -2.35. The predicted octanol–water partition coefficient (Wildman–Crippen LogP) is 3.22. The number of benzene rings is 2. The van der Waals surface area contributed by atoms with Crippen molar-refractivity contribution in [3.63, 3.8) is 0 Å². The third-order valence-electron chi connectivity index (χ3n) is 4.01. The predicted molar refractivity (Wildman–Crippen MR) is 101 cm³/mol. The van der Waals surface area contributed by atoms with E-state index in [-0.39, 0.29) is 12.4 Å². The molecule has 2 aromatic carbocycles. The zero-order valence-corrected chi connectivity index (χ0v) is 14.8. The normalized spacial score (nSPS) is 11.6. The zero-order chi connectivity index (χ0) is 19.2. The summed E-state index contributed by atoms with van der Waals surface area (Å²) in [6.07, 6.45) is 3.76. The molecule has 6 heteroatoms. The van der Waals surface area contributed by atoms with Crippen LogP contribution in [0.15, 0.2) is 73.1 Å². The van der Waals surface area contributed by atoms with Gasteiger partial charge < -0.3 is 19.7 Å². The van der Waals surface area contributed by atoms with Crippen LogP contribution in [0.2, 0.25) is 0 Å². The topological polar surface area (TPSA) is 80.6 Å². The van der Waals surface area contributed by atoms with Gasteiger partial charge in [0.2, 0.25) is 0 Å². The van der Waals surface area contributed by atoms with Crippen LogP contribution in [0.1, 0.15) is 28.9 Å². The van der Waals surface area contributed by atoms with Crippen LogP contribution in [0.4, 0.5) is 0 Å². The van der Waals surface area contributed by atoms with Crippen LogP contribution in [0.25, 0.3) is 5.69 Å². The monoisotopic (exact) mass is 364 g/mol. The lowest BCUT2D eigenvalue weighted by molar-refractivity contribution is -0.145. The smallest absolute Gasteiger partial charge is 0.333 e. The first-order valence-corrected chi connectivity index (χ1v) is 8.58. The van der Waals surface area contributed by atoms with E-state index in [1.54, 1.807) is 37.3 Å². The number of esters is 1. The number of carbonyl (C=O) groups is 2. The Morgan fingerprint density at radius 2 is 1.81 bits per heavy atom. The van der Waals surface area contributed by atoms with E-state index >= 15 is 0 Å². The summed E-state index contributed by atoms with van der Waals surface area (Å²) in [6.45, 7) is 1.88. The van der Waals surface area contributed by atoms with Crippen LogP contribution >= 0.6 is 0 Å². The number of phenolic OH excluding ortho intramolecular Hbond substituents is 1. The molecule has 0 saturated carbocycles. The Labute approximate surface area is 157 Å². The number of aromatic nitrogens is 1. The average molecular weight is 364 g/mol. The van der Waals surface area contributed by atoms with Gasteiger partial charge >= 0.3 is 5.97 Å². The van der Waals surface area contributed by atoms with Gasteiger partial charge in [-0.1, -0.05) is 18.2 Å². The van der Waals surface area contributed by atoms with E-state index in [1.807, 2.05) is 35.2 Å². The van der Waals surface area contributed by atoms with Crippen molar-refractivity contribution in [1.82, 2.24) is 9.88 Å². The minimum Gasteiger partial charge on any atom is -0.508 e. The van der Waals surface area contributed by atoms with E-state index in [4.69, 9.17) is 4.74 Å². The van der Waals surface area contributed by atoms with Crippen LogP contribution in [-0.2, 0) is 9.53 Å². The van der Waals surface area contributed by atoms with Crippen LogP contribution in [0.5, 0.6) is 5.75 Å². The fourth-order valence-corrected chi connectivity index (χ4v) is 2.74. The summed E-state index contributed by atoms with van der Waals surface area (Å²) in [4.78, 5) is 25.1. The van der Waals surface area contributed by atoms with E-state index in [1.165, 1.54) is 12.1 Å². The number of hydrogen-bond acceptors (Lipinski definition) is 4. The number of rotatable bonds is 6. The van der Waals surface area contributed by atoms with Gasteiger partial charge in [0.25, 0.3) is 5.91 Å². The highest BCUT2D eigenvalue weighted by Gasteiger charge is 2.25. The Morgan fingerprint density at radius 3 is 2.52 bits per heavy atom. The highest BCUT2D eigenvalue weighted by molar-refractivity contribution is 5.97. The second-order valence-corrected chi connectivity index (χ2v) is 5.89. The summed E-state index contributed by atoms with van der Waals surface area (Å²) >= 11 is 0. The molecule has 1 unspecified atom stereocenters. The number of phenols is 1. The van der Waals surface area contributed by atoms with Gasteiger partial charge in [-0.15, -0.1) is 0 Å². The molecule has 0 fully saturated rings. The Bertz CT molecular complexity index is 935. The highest BCUT2D eigenvalue weighted by Crippen LogP contribution is 2.21. The summed E-state index contributed by atoms with van der Waals surface area (Å²) in [6, 6.07) is 16.0. The van der Waals surface area contributed by atoms with Crippen molar-refractivity contribution in [2.45, 2.75) is 13.0 Å². The molecular formula is C21H20N2O4. The Hall–Kier alpha value is -3.54. The van der Waals surface area contributed by atoms with Gasteiger partial charge in [0.15, 0.2) is 6.04 Å². The molecule has 1 amide bonds. The molecule has 0 aliphatic heterocycles. The summed E-state index contributed by atoms with van der Waals surface area (Å²) < 4.78 is 6.96. The molecule has 0 bridgehead atoms. The van der Waals surface area contributed by atoms with E-state index in [0.717, 1.165) is 5.69 Å². The van der Waals surface area contributed by atoms with Crippen molar-refractivity contribution in [3.8, 4) is 11.4 Å². The number of amides is 1. The van der Waals surface area contributed by atoms with Crippen molar-refractivity contribution < 1.29 is 19.4 Å². The van der Waals surface area contributed by atoms with E-state index in [9.17, 15) is 14.7 Å². The molecule has 0 spiro atoms. The molecular weight excluding hydrogens is 344 g/mol. The van der Waals surface area contributed by atoms with Gasteiger partial charge in [-0.25, -0.2) is 4.79 Å². The highest BCUT2D eigenvalue weighted by atomic mass is 16.5. The molecule has 0 aliphatic carbocycles. The molecule has 3 rings (SSSR count). The number of nitrogens with zero attached hydrogens (tertiary/aromatic N) is 1. The van der Waals surface area contributed by atoms with E-state index in [2.05, 4.69) is 5.32 Å². The van der Waals surface area contributed by atoms with Crippen LogP contribution in [0.3, 0.4) is 0 Å². The van der Waals surface area contributed by atoms with Crippen LogP contribution < -0.4 is 5.32 Å². The van der Waals surface area contributed by atoms with E-state index < -0.39 is 17.9 Å². The molecule has 0 saturated heterocycles. The number of hydrogen-bond donors (Lipinski definition) is 2. The van der Waals surface area contributed by atoms with Gasteiger partial charge in [-0.2, -0.15) is 0 Å². The quantitative estimate of drug-likeness (QED) is 0.658. The minimum atomic E-state index is -1.01. The van der Waals surface area contributed by atoms with Crippen molar-refractivity contribution in [2.24, 2.45) is 0 Å². The zero-order valence-electron chi connectivity index (χ0n) is 14.8. The minimum absolute atomic E-state index is 0.00523. The van der Waals surface area contributed by atoms with Gasteiger partial charge in [0.1, 0.15) is 5.75 Å². The number of nitrogens with one attached hydrogen (secondary N) is 1. The molecule has 138 valence electrons. The molecule has 3 aromatic rings. The summed E-state index contributed by atoms with van der Waals surface area (Å²) in [7, 11) is 0. The molecule has 27 heavy (non-hydrogen) atoms. The maximum Gasteiger partial charge on any atom is 0.333 e. The first-order valence-electron chi connectivity index (χ1n) is 8.58. The molecule has 0 radical (unpaired) electrons. The van der Waals surface area contributed by atoms with Crippen LogP contribution in [0, 0.1) is 0 Å². The average Bonchev–Trinajstić information content (AvgIpc) is 3.21. The number of carbonyl (C=O) groups excluding carboxylic acids is 2. The second kappa shape index (κ2) is 8.23. The summed E-state index contributed by atoms with van der Waals surface area (Å²) in [5.41, 5.74) is 1.69. The largest absolute Gasteiger partial charge is 0.508 e. The van der Waals surface area contributed by atoms with Gasteiger partial charge in [0.05, 0.1) is 6.61 Å². The fourth-order valence-electron chi connectivity index (χ4n) is 2.74. The molecule has 6 nitrogen and oxygen atoms in total. The molecule has 2 N–H and O–H groups in total. The first kappa shape index (κ1) is 18.3. The maximum atomic E-state index is 12.8. The third kappa shape index (κ3) is 4.36. The second-order valence-electron chi connectivity index (χ2n) is 5.89. The lowest BCUT2D eigenvalue weighted by atomic mass is 10.1. The van der Waals surface area contributed by atoms with Crippen molar-refractivity contribution in [1.29, 1.82) is 0 Å². The van der Waals surface area contributed by atoms with E-state index in [0.29, 0.717) is 11.1 Å². The number of ether oxygens (including phenoxy) is 1. The molecule has 0 aliphatic rings. The lowest BCUT2D eigenvalue weighted by Gasteiger charge is -2.18. The molecule has 1 atom stereocenters. The molecule has 1 aromatic heterocycles. The maximum absolute atomic E-state index is 12.8. The van der Waals surface area contributed by atoms with Crippen molar-refractivity contribution >= 4 is 11.9 Å². The van der Waals surface area contributed by atoms with Gasteiger partial charge in [-0.3, -0.25) is 4.79 Å². The van der Waals surface area contributed by atoms with Crippen LogP contribution in [-0.4, -0.2) is 28.2 Å². The molecule has 1 heterocycles. The van der Waals surface area contributed by atoms with Gasteiger partial charge in [0, 0.05) is 23.6 Å². The Morgan fingerprint density at radius 1 is 1.07 bits per heavy atom. The Kier molecular flexibility index (Phi) is 5.56. The Balaban J connectivity index is 1.86. The first-order chi connectivity index (χ1) is 13.1. The fraction of sp³-hybridized carbons (Fsp3) is 0.143. The van der Waals surface area contributed by atoms with Crippen molar-refractivity contribution in [3.05, 3.63) is 84.2 Å². The van der Waals surface area contributed by atoms with Crippen molar-refractivity contribution in [2.75, 3.05) is 6.61 Å². The van der Waals surface area contributed by atoms with Gasteiger partial charge in [-0.05, 0) is 55.0 Å². The number of aromatic hydroxyl groups is 1. The standard InChI is InChI=1S/C21H20N2O4/c1-2-27-21(26)19(15-7-6-10-18(24)14-15)22-20(25)16-8-5-9-17(13-16)23-11-3-4-12-23/h3-14,19,24H,2H2,1H3,(H,22,25). The summed E-state index contributed by atoms with van der Waals surface area (Å²) in [5.74, 6) is -0.992. The summed E-state index contributed by atoms with van der Waals surface area (Å²) in [5, 5.41) is 12.4.